The maximum Gasteiger partial charge on any atom is 0.256 e. The van der Waals surface area contributed by atoms with Gasteiger partial charge in [-0.25, -0.2) is 4.39 Å². The van der Waals surface area contributed by atoms with Crippen molar-refractivity contribution in [1.82, 2.24) is 24.3 Å². The van der Waals surface area contributed by atoms with Crippen LogP contribution in [0.15, 0.2) is 36.8 Å². The van der Waals surface area contributed by atoms with Crippen molar-refractivity contribution >= 4 is 22.7 Å². The Balaban J connectivity index is 1.23. The summed E-state index contributed by atoms with van der Waals surface area (Å²) in [5.41, 5.74) is 4.35. The number of rotatable bonds is 8. The van der Waals surface area contributed by atoms with Crippen molar-refractivity contribution in [1.29, 1.82) is 0 Å². The number of likely N-dealkylation sites (tertiary alicyclic amines) is 3. The molecule has 0 bridgehead atoms. The molecular weight excluding hydrogens is 545 g/mol. The molecule has 0 aliphatic carbocycles. The number of aryl methyl sites for hydroxylation is 1. The highest BCUT2D eigenvalue weighted by molar-refractivity contribution is 5.99. The van der Waals surface area contributed by atoms with Crippen LogP contribution >= 0.6 is 0 Å². The Kier molecular flexibility index (Phi) is 8.82. The first-order valence-corrected chi connectivity index (χ1v) is 15.8. The molecule has 5 heterocycles. The first-order chi connectivity index (χ1) is 20.8. The summed E-state index contributed by atoms with van der Waals surface area (Å²) < 4.78 is 22.1. The van der Waals surface area contributed by atoms with Crippen molar-refractivity contribution in [2.24, 2.45) is 11.8 Å². The number of benzene rings is 1. The minimum atomic E-state index is -0.418. The SMILES string of the molecule is COCC1CCCN1C(=O)c1cc(F)ccc1-n1cc(C[C@@H]2CCN(CC3CCN(C(C)=O)CC3)C2)c2c(C)cncc21. The molecule has 3 fully saturated rings. The third-order valence-electron chi connectivity index (χ3n) is 9.88. The first kappa shape index (κ1) is 29.8. The van der Waals surface area contributed by atoms with Gasteiger partial charge in [0.2, 0.25) is 5.91 Å². The lowest BCUT2D eigenvalue weighted by Crippen LogP contribution is -2.40. The van der Waals surface area contributed by atoms with Gasteiger partial charge in [0.05, 0.1) is 35.6 Å². The highest BCUT2D eigenvalue weighted by Crippen LogP contribution is 2.33. The van der Waals surface area contributed by atoms with E-state index in [9.17, 15) is 14.0 Å². The van der Waals surface area contributed by atoms with E-state index in [2.05, 4.69) is 23.0 Å². The Labute approximate surface area is 253 Å². The molecule has 2 amide bonds. The molecule has 0 saturated carbocycles. The fraction of sp³-hybridized carbons (Fsp3) is 0.559. The van der Waals surface area contributed by atoms with Crippen LogP contribution in [0.3, 0.4) is 0 Å². The lowest BCUT2D eigenvalue weighted by molar-refractivity contribution is -0.130. The van der Waals surface area contributed by atoms with Crippen LogP contribution in [0.25, 0.3) is 16.6 Å². The standard InChI is InChI=1S/C34H44FN5O3/c1-23-17-36-18-32-33(23)27(15-26-8-12-37(20-26)19-25-9-13-38(14-10-25)24(2)41)21-40(32)31-7-6-28(35)16-30(31)34(42)39-11-4-5-29(39)22-43-3/h6-7,16-18,21,25-26,29H,4-5,8-15,19-20,22H2,1-3H3/t26-,29?/m0/s1. The van der Waals surface area contributed by atoms with Crippen molar-refractivity contribution in [3.05, 3.63) is 59.3 Å². The van der Waals surface area contributed by atoms with E-state index in [1.54, 1.807) is 20.1 Å². The van der Waals surface area contributed by atoms with E-state index in [4.69, 9.17) is 4.74 Å². The monoisotopic (exact) mass is 589 g/mol. The smallest absolute Gasteiger partial charge is 0.256 e. The molecule has 43 heavy (non-hydrogen) atoms. The molecule has 3 aromatic rings. The van der Waals surface area contributed by atoms with Crippen molar-refractivity contribution < 1.29 is 18.7 Å². The summed E-state index contributed by atoms with van der Waals surface area (Å²) in [6.45, 7) is 9.92. The van der Waals surface area contributed by atoms with Crippen LogP contribution in [0.4, 0.5) is 4.39 Å². The van der Waals surface area contributed by atoms with E-state index in [1.165, 1.54) is 23.1 Å². The minimum Gasteiger partial charge on any atom is -0.383 e. The number of carbonyl (C=O) groups is 2. The Hall–Kier alpha value is -3.30. The molecule has 3 aliphatic heterocycles. The Morgan fingerprint density at radius 2 is 1.84 bits per heavy atom. The van der Waals surface area contributed by atoms with E-state index in [0.717, 1.165) is 82.3 Å². The molecule has 1 unspecified atom stereocenters. The fourth-order valence-corrected chi connectivity index (χ4v) is 7.66. The maximum absolute atomic E-state index is 14.6. The molecule has 2 aromatic heterocycles. The van der Waals surface area contributed by atoms with Crippen molar-refractivity contribution in [2.45, 2.75) is 58.4 Å². The van der Waals surface area contributed by atoms with Crippen LogP contribution in [0, 0.1) is 24.6 Å². The third kappa shape index (κ3) is 6.20. The maximum atomic E-state index is 14.6. The van der Waals surface area contributed by atoms with Gasteiger partial charge in [-0.3, -0.25) is 14.6 Å². The van der Waals surface area contributed by atoms with E-state index in [-0.39, 0.29) is 17.9 Å². The number of amides is 2. The quantitative estimate of drug-likeness (QED) is 0.376. The first-order valence-electron chi connectivity index (χ1n) is 15.8. The van der Waals surface area contributed by atoms with Crippen LogP contribution < -0.4 is 0 Å². The number of fused-ring (bicyclic) bond motifs is 1. The summed E-state index contributed by atoms with van der Waals surface area (Å²) in [4.78, 5) is 36.5. The Morgan fingerprint density at radius 3 is 2.60 bits per heavy atom. The van der Waals surface area contributed by atoms with Gasteiger partial charge in [0, 0.05) is 64.5 Å². The number of nitrogens with zero attached hydrogens (tertiary/aromatic N) is 5. The molecule has 6 rings (SSSR count). The zero-order valence-corrected chi connectivity index (χ0v) is 25.7. The van der Waals surface area contributed by atoms with Crippen molar-refractivity contribution in [3.63, 3.8) is 0 Å². The second-order valence-electron chi connectivity index (χ2n) is 12.9. The van der Waals surface area contributed by atoms with Gasteiger partial charge < -0.3 is 24.0 Å². The average molecular weight is 590 g/mol. The molecule has 2 atom stereocenters. The van der Waals surface area contributed by atoms with Crippen LogP contribution in [0.2, 0.25) is 0 Å². The van der Waals surface area contributed by atoms with Gasteiger partial charge in [0.1, 0.15) is 5.82 Å². The number of piperidine rings is 1. The summed E-state index contributed by atoms with van der Waals surface area (Å²) >= 11 is 0. The summed E-state index contributed by atoms with van der Waals surface area (Å²) in [7, 11) is 1.65. The number of ether oxygens (including phenoxy) is 1. The molecule has 3 aliphatic rings. The number of hydrogen-bond donors (Lipinski definition) is 0. The topological polar surface area (TPSA) is 70.9 Å². The largest absolute Gasteiger partial charge is 0.383 e. The van der Waals surface area contributed by atoms with Gasteiger partial charge in [-0.15, -0.1) is 0 Å². The van der Waals surface area contributed by atoms with E-state index in [1.807, 2.05) is 26.8 Å². The third-order valence-corrected chi connectivity index (χ3v) is 9.88. The fourth-order valence-electron chi connectivity index (χ4n) is 7.66. The van der Waals surface area contributed by atoms with E-state index >= 15 is 0 Å². The van der Waals surface area contributed by atoms with Gasteiger partial charge in [-0.05, 0) is 93.2 Å². The van der Waals surface area contributed by atoms with Gasteiger partial charge in [-0.2, -0.15) is 0 Å². The molecule has 0 N–H and O–H groups in total. The summed E-state index contributed by atoms with van der Waals surface area (Å²) in [5.74, 6) is 0.806. The molecule has 230 valence electrons. The highest BCUT2D eigenvalue weighted by atomic mass is 19.1. The molecule has 8 nitrogen and oxygen atoms in total. The van der Waals surface area contributed by atoms with Gasteiger partial charge in [0.15, 0.2) is 0 Å². The number of carbonyl (C=O) groups excluding carboxylic acids is 2. The van der Waals surface area contributed by atoms with Crippen LogP contribution in [0.1, 0.15) is 60.5 Å². The number of hydrogen-bond acceptors (Lipinski definition) is 5. The van der Waals surface area contributed by atoms with Crippen molar-refractivity contribution in [3.8, 4) is 5.69 Å². The average Bonchev–Trinajstić information content (AvgIpc) is 3.73. The van der Waals surface area contributed by atoms with Crippen LogP contribution in [0.5, 0.6) is 0 Å². The molecule has 9 heteroatoms. The Morgan fingerprint density at radius 1 is 1.05 bits per heavy atom. The molecule has 1 aromatic carbocycles. The second kappa shape index (κ2) is 12.7. The van der Waals surface area contributed by atoms with E-state index < -0.39 is 5.82 Å². The predicted molar refractivity (Wildman–Crippen MR) is 165 cm³/mol. The predicted octanol–water partition coefficient (Wildman–Crippen LogP) is 4.85. The van der Waals surface area contributed by atoms with Gasteiger partial charge in [0.25, 0.3) is 5.91 Å². The number of pyridine rings is 1. The molecular formula is C34H44FN5O3. The highest BCUT2D eigenvalue weighted by Gasteiger charge is 2.32. The zero-order chi connectivity index (χ0) is 30.1. The normalized spacial score (nSPS) is 21.8. The molecule has 3 saturated heterocycles. The molecule has 0 radical (unpaired) electrons. The lowest BCUT2D eigenvalue weighted by Gasteiger charge is -2.33. The summed E-state index contributed by atoms with van der Waals surface area (Å²) in [6, 6.07) is 4.54. The summed E-state index contributed by atoms with van der Waals surface area (Å²) in [6.07, 6.45) is 12.0. The minimum absolute atomic E-state index is 0.00138. The second-order valence-corrected chi connectivity index (χ2v) is 12.9. The van der Waals surface area contributed by atoms with Crippen LogP contribution in [-0.4, -0.2) is 95.1 Å². The number of halogens is 1. The molecule has 0 spiro atoms. The van der Waals surface area contributed by atoms with Gasteiger partial charge >= 0.3 is 0 Å². The lowest BCUT2D eigenvalue weighted by atomic mass is 9.96. The van der Waals surface area contributed by atoms with E-state index in [0.29, 0.717) is 36.2 Å². The number of methoxy groups -OCH3 is 1. The zero-order valence-electron chi connectivity index (χ0n) is 25.7. The van der Waals surface area contributed by atoms with Crippen molar-refractivity contribution in [2.75, 3.05) is 53.0 Å². The van der Waals surface area contributed by atoms with Gasteiger partial charge in [-0.1, -0.05) is 0 Å². The van der Waals surface area contributed by atoms with Crippen LogP contribution in [-0.2, 0) is 16.0 Å². The number of aromatic nitrogens is 2. The summed E-state index contributed by atoms with van der Waals surface area (Å²) in [5, 5.41) is 1.17. The Bertz CT molecular complexity index is 1480.